The zero-order valence-electron chi connectivity index (χ0n) is 18.1. The number of aryl methyl sites for hydroxylation is 1. The molecule has 168 valence electrons. The normalized spacial score (nSPS) is 14.4. The van der Waals surface area contributed by atoms with E-state index < -0.39 is 11.9 Å². The van der Waals surface area contributed by atoms with Crippen molar-refractivity contribution >= 4 is 11.9 Å². The minimum Gasteiger partial charge on any atom is -0.473 e. The zero-order valence-corrected chi connectivity index (χ0v) is 18.1. The number of aromatic nitrogens is 2. The molecule has 32 heavy (non-hydrogen) atoms. The molecule has 1 aromatic heterocycles. The molecule has 0 spiro atoms. The number of carbonyl (C=O) groups is 2. The standard InChI is InChI=1S/C22H26N4.C2H2O4/c1-18-22(20-10-6-3-7-11-20)21(24-23-18)17-26-14-12-25(13-15-26)16-19-8-4-2-5-9-19;3-1(4)2(5)6/h2-11H,12-17H2,1H3,(H,23,24);(H,3,4)(H,5,6). The molecule has 8 heteroatoms. The molecular weight excluding hydrogens is 408 g/mol. The molecule has 0 atom stereocenters. The van der Waals surface area contributed by atoms with Gasteiger partial charge in [0.1, 0.15) is 0 Å². The van der Waals surface area contributed by atoms with E-state index in [4.69, 9.17) is 19.8 Å². The maximum absolute atomic E-state index is 9.10. The third-order valence-corrected chi connectivity index (χ3v) is 5.35. The first-order chi connectivity index (χ1) is 15.4. The molecule has 1 saturated heterocycles. The van der Waals surface area contributed by atoms with E-state index in [1.807, 2.05) is 0 Å². The summed E-state index contributed by atoms with van der Waals surface area (Å²) >= 11 is 0. The molecule has 1 aliphatic rings. The van der Waals surface area contributed by atoms with Gasteiger partial charge < -0.3 is 10.2 Å². The fraction of sp³-hybridized carbons (Fsp3) is 0.292. The molecule has 0 radical (unpaired) electrons. The second-order valence-corrected chi connectivity index (χ2v) is 7.68. The summed E-state index contributed by atoms with van der Waals surface area (Å²) in [6.07, 6.45) is 0. The number of piperazine rings is 1. The van der Waals surface area contributed by atoms with Gasteiger partial charge in [0.25, 0.3) is 0 Å². The van der Waals surface area contributed by atoms with E-state index >= 15 is 0 Å². The van der Waals surface area contributed by atoms with Gasteiger partial charge in [0, 0.05) is 50.5 Å². The molecule has 3 N–H and O–H groups in total. The van der Waals surface area contributed by atoms with Gasteiger partial charge >= 0.3 is 11.9 Å². The smallest absolute Gasteiger partial charge is 0.414 e. The number of carboxylic acid groups (broad SMARTS) is 2. The van der Waals surface area contributed by atoms with Gasteiger partial charge in [-0.2, -0.15) is 5.10 Å². The predicted molar refractivity (Wildman–Crippen MR) is 121 cm³/mol. The van der Waals surface area contributed by atoms with Crippen LogP contribution < -0.4 is 0 Å². The van der Waals surface area contributed by atoms with Crippen molar-refractivity contribution < 1.29 is 19.8 Å². The lowest BCUT2D eigenvalue weighted by Gasteiger charge is -2.34. The first-order valence-corrected chi connectivity index (χ1v) is 10.5. The summed E-state index contributed by atoms with van der Waals surface area (Å²) in [5.74, 6) is -3.65. The molecule has 1 aliphatic heterocycles. The van der Waals surface area contributed by atoms with Crippen molar-refractivity contribution in [2.75, 3.05) is 26.2 Å². The van der Waals surface area contributed by atoms with Gasteiger partial charge in [-0.25, -0.2) is 9.59 Å². The topological polar surface area (TPSA) is 110 Å². The van der Waals surface area contributed by atoms with Crippen LogP contribution >= 0.6 is 0 Å². The molecule has 0 amide bonds. The fourth-order valence-electron chi connectivity index (χ4n) is 3.74. The fourth-order valence-corrected chi connectivity index (χ4v) is 3.74. The lowest BCUT2D eigenvalue weighted by Crippen LogP contribution is -2.45. The van der Waals surface area contributed by atoms with Gasteiger partial charge in [0.15, 0.2) is 0 Å². The number of benzene rings is 2. The van der Waals surface area contributed by atoms with Crippen molar-refractivity contribution in [3.05, 3.63) is 77.6 Å². The number of nitrogens with zero attached hydrogens (tertiary/aromatic N) is 3. The summed E-state index contributed by atoms with van der Waals surface area (Å²) in [6, 6.07) is 21.3. The number of aromatic amines is 1. The molecule has 2 aromatic carbocycles. The Hall–Kier alpha value is -3.49. The van der Waals surface area contributed by atoms with Gasteiger partial charge in [0.05, 0.1) is 5.69 Å². The van der Waals surface area contributed by atoms with Crippen molar-refractivity contribution in [3.63, 3.8) is 0 Å². The lowest BCUT2D eigenvalue weighted by atomic mass is 10.0. The van der Waals surface area contributed by atoms with Gasteiger partial charge in [-0.3, -0.25) is 14.9 Å². The molecule has 3 aromatic rings. The van der Waals surface area contributed by atoms with Crippen LogP contribution in [-0.2, 0) is 22.7 Å². The van der Waals surface area contributed by atoms with E-state index in [1.54, 1.807) is 0 Å². The summed E-state index contributed by atoms with van der Waals surface area (Å²) in [6.45, 7) is 8.47. The Kier molecular flexibility index (Phi) is 8.13. The monoisotopic (exact) mass is 436 g/mol. The number of hydrogen-bond acceptors (Lipinski definition) is 5. The third-order valence-electron chi connectivity index (χ3n) is 5.35. The van der Waals surface area contributed by atoms with E-state index in [0.717, 1.165) is 50.7 Å². The van der Waals surface area contributed by atoms with E-state index in [1.165, 1.54) is 16.7 Å². The summed E-state index contributed by atoms with van der Waals surface area (Å²) in [4.78, 5) is 23.3. The van der Waals surface area contributed by atoms with Crippen LogP contribution in [0.25, 0.3) is 11.1 Å². The van der Waals surface area contributed by atoms with Gasteiger partial charge in [0.2, 0.25) is 0 Å². The molecule has 4 rings (SSSR count). The van der Waals surface area contributed by atoms with Crippen molar-refractivity contribution in [2.45, 2.75) is 20.0 Å². The Morgan fingerprint density at radius 3 is 1.88 bits per heavy atom. The minimum absolute atomic E-state index is 0.910. The van der Waals surface area contributed by atoms with Crippen LogP contribution in [0.3, 0.4) is 0 Å². The van der Waals surface area contributed by atoms with Crippen LogP contribution in [0, 0.1) is 6.92 Å². The predicted octanol–water partition coefficient (Wildman–Crippen LogP) is 2.86. The molecule has 0 bridgehead atoms. The quantitative estimate of drug-likeness (QED) is 0.528. The third kappa shape index (κ3) is 6.50. The molecule has 0 unspecified atom stereocenters. The molecule has 2 heterocycles. The Labute approximate surface area is 187 Å². The molecule has 0 saturated carbocycles. The Morgan fingerprint density at radius 2 is 1.34 bits per heavy atom. The van der Waals surface area contributed by atoms with Crippen molar-refractivity contribution in [2.24, 2.45) is 0 Å². The Morgan fingerprint density at radius 1 is 0.844 bits per heavy atom. The molecule has 0 aliphatic carbocycles. The lowest BCUT2D eigenvalue weighted by molar-refractivity contribution is -0.159. The number of aliphatic carboxylic acids is 2. The highest BCUT2D eigenvalue weighted by Crippen LogP contribution is 2.26. The van der Waals surface area contributed by atoms with Crippen molar-refractivity contribution in [3.8, 4) is 11.1 Å². The number of rotatable bonds is 5. The highest BCUT2D eigenvalue weighted by atomic mass is 16.4. The summed E-state index contributed by atoms with van der Waals surface area (Å²) in [5, 5.41) is 22.6. The molecule has 8 nitrogen and oxygen atoms in total. The van der Waals surface area contributed by atoms with E-state index in [0.29, 0.717) is 0 Å². The highest BCUT2D eigenvalue weighted by molar-refractivity contribution is 6.27. The van der Waals surface area contributed by atoms with Crippen molar-refractivity contribution in [1.82, 2.24) is 20.0 Å². The summed E-state index contributed by atoms with van der Waals surface area (Å²) < 4.78 is 0. The Balaban J connectivity index is 0.000000427. The highest BCUT2D eigenvalue weighted by Gasteiger charge is 2.20. The van der Waals surface area contributed by atoms with Gasteiger partial charge in [-0.05, 0) is 18.1 Å². The van der Waals surface area contributed by atoms with Crippen molar-refractivity contribution in [1.29, 1.82) is 0 Å². The number of hydrogen-bond donors (Lipinski definition) is 3. The van der Waals surface area contributed by atoms with Crippen LogP contribution in [0.15, 0.2) is 60.7 Å². The van der Waals surface area contributed by atoms with Crippen LogP contribution in [0.2, 0.25) is 0 Å². The first-order valence-electron chi connectivity index (χ1n) is 10.5. The van der Waals surface area contributed by atoms with Crippen LogP contribution in [0.4, 0.5) is 0 Å². The zero-order chi connectivity index (χ0) is 22.9. The van der Waals surface area contributed by atoms with E-state index in [9.17, 15) is 0 Å². The van der Waals surface area contributed by atoms with Crippen LogP contribution in [0.5, 0.6) is 0 Å². The summed E-state index contributed by atoms with van der Waals surface area (Å²) in [7, 11) is 0. The van der Waals surface area contributed by atoms with Gasteiger partial charge in [-0.15, -0.1) is 0 Å². The molecular formula is C24H28N4O4. The van der Waals surface area contributed by atoms with Crippen LogP contribution in [0.1, 0.15) is 17.0 Å². The second kappa shape index (κ2) is 11.2. The SMILES string of the molecule is Cc1[nH]nc(CN2CCN(Cc3ccccc3)CC2)c1-c1ccccc1.O=C(O)C(=O)O. The maximum Gasteiger partial charge on any atom is 0.414 e. The van der Waals surface area contributed by atoms with E-state index in [-0.39, 0.29) is 0 Å². The average molecular weight is 437 g/mol. The second-order valence-electron chi connectivity index (χ2n) is 7.68. The Bertz CT molecular complexity index is 1000. The number of carboxylic acids is 2. The number of nitrogens with one attached hydrogen (secondary N) is 1. The van der Waals surface area contributed by atoms with Crippen LogP contribution in [-0.4, -0.2) is 68.3 Å². The first kappa shape index (κ1) is 23.2. The van der Waals surface area contributed by atoms with E-state index in [2.05, 4.69) is 87.6 Å². The summed E-state index contributed by atoms with van der Waals surface area (Å²) in [5.41, 5.74) is 6.21. The number of H-pyrrole nitrogens is 1. The van der Waals surface area contributed by atoms with Gasteiger partial charge in [-0.1, -0.05) is 60.7 Å². The maximum atomic E-state index is 9.10. The largest absolute Gasteiger partial charge is 0.473 e. The minimum atomic E-state index is -1.82. The average Bonchev–Trinajstić information content (AvgIpc) is 3.16. The molecule has 1 fully saturated rings.